The van der Waals surface area contributed by atoms with Crippen molar-refractivity contribution < 1.29 is 4.79 Å². The van der Waals surface area contributed by atoms with Crippen molar-refractivity contribution in [2.75, 3.05) is 18.4 Å². The fourth-order valence-electron chi connectivity index (χ4n) is 3.05. The summed E-state index contributed by atoms with van der Waals surface area (Å²) in [4.78, 5) is 14.8. The second-order valence-electron chi connectivity index (χ2n) is 6.35. The molecule has 24 heavy (non-hydrogen) atoms. The zero-order valence-electron chi connectivity index (χ0n) is 13.8. The van der Waals surface area contributed by atoms with Crippen molar-refractivity contribution in [1.29, 1.82) is 0 Å². The van der Waals surface area contributed by atoms with E-state index in [-0.39, 0.29) is 5.91 Å². The van der Waals surface area contributed by atoms with Crippen molar-refractivity contribution in [3.8, 4) is 0 Å². The van der Waals surface area contributed by atoms with Gasteiger partial charge in [0, 0.05) is 21.4 Å². The molecular weight excluding hydrogens is 411 g/mol. The van der Waals surface area contributed by atoms with E-state index < -0.39 is 0 Å². The molecule has 3 rings (SSSR count). The maximum absolute atomic E-state index is 12.3. The van der Waals surface area contributed by atoms with Gasteiger partial charge in [0.05, 0.1) is 0 Å². The van der Waals surface area contributed by atoms with Crippen molar-refractivity contribution in [3.63, 3.8) is 0 Å². The van der Waals surface area contributed by atoms with Gasteiger partial charge < -0.3 is 5.32 Å². The molecule has 0 bridgehead atoms. The fourth-order valence-corrected chi connectivity index (χ4v) is 3.41. The molecule has 0 atom stereocenters. The van der Waals surface area contributed by atoms with E-state index in [1.54, 1.807) is 0 Å². The number of anilines is 1. The molecular formula is C20H23IN2O. The molecule has 4 heteroatoms. The summed E-state index contributed by atoms with van der Waals surface area (Å²) in [6, 6.07) is 15.8. The molecule has 1 saturated heterocycles. The Morgan fingerprint density at radius 3 is 2.17 bits per heavy atom. The number of hydrogen-bond donors (Lipinski definition) is 1. The standard InChI is InChI=1S/C20H23IN2O/c21-18-9-11-19(12-10-18)22-20(24)17-7-5-16(6-8-17)15-23-13-3-1-2-4-14-23/h5-12H,1-4,13-15H2,(H,22,24). The molecule has 0 aromatic heterocycles. The number of nitrogens with one attached hydrogen (secondary N) is 1. The molecule has 2 aromatic rings. The van der Waals surface area contributed by atoms with Crippen LogP contribution in [-0.4, -0.2) is 23.9 Å². The van der Waals surface area contributed by atoms with Crippen LogP contribution in [0.1, 0.15) is 41.6 Å². The number of hydrogen-bond acceptors (Lipinski definition) is 2. The van der Waals surface area contributed by atoms with Crippen LogP contribution in [0.25, 0.3) is 0 Å². The Hall–Kier alpha value is -1.40. The first-order chi connectivity index (χ1) is 11.7. The summed E-state index contributed by atoms with van der Waals surface area (Å²) in [5, 5.41) is 2.94. The third kappa shape index (κ3) is 5.05. The van der Waals surface area contributed by atoms with Gasteiger partial charge in [-0.15, -0.1) is 0 Å². The van der Waals surface area contributed by atoms with Crippen LogP contribution in [0.4, 0.5) is 5.69 Å². The zero-order chi connectivity index (χ0) is 16.8. The Labute approximate surface area is 157 Å². The van der Waals surface area contributed by atoms with Crippen molar-refractivity contribution in [2.45, 2.75) is 32.2 Å². The largest absolute Gasteiger partial charge is 0.322 e. The maximum atomic E-state index is 12.3. The van der Waals surface area contributed by atoms with Crippen LogP contribution in [-0.2, 0) is 6.54 Å². The Morgan fingerprint density at radius 2 is 1.54 bits per heavy atom. The van der Waals surface area contributed by atoms with Gasteiger partial charge in [-0.2, -0.15) is 0 Å². The first-order valence-electron chi connectivity index (χ1n) is 8.59. The lowest BCUT2D eigenvalue weighted by molar-refractivity contribution is 0.102. The van der Waals surface area contributed by atoms with E-state index in [0.29, 0.717) is 5.56 Å². The molecule has 3 nitrogen and oxygen atoms in total. The highest BCUT2D eigenvalue weighted by atomic mass is 127. The van der Waals surface area contributed by atoms with Crippen LogP contribution in [0.2, 0.25) is 0 Å². The van der Waals surface area contributed by atoms with Gasteiger partial charge in [0.15, 0.2) is 0 Å². The Kier molecular flexibility index (Phi) is 6.26. The summed E-state index contributed by atoms with van der Waals surface area (Å²) in [7, 11) is 0. The van der Waals surface area contributed by atoms with E-state index in [2.05, 4.69) is 44.9 Å². The van der Waals surface area contributed by atoms with E-state index >= 15 is 0 Å². The van der Waals surface area contributed by atoms with Crippen molar-refractivity contribution in [3.05, 3.63) is 63.2 Å². The summed E-state index contributed by atoms with van der Waals surface area (Å²) < 4.78 is 1.16. The van der Waals surface area contributed by atoms with Crippen LogP contribution in [0.5, 0.6) is 0 Å². The average Bonchev–Trinajstić information content (AvgIpc) is 2.86. The number of benzene rings is 2. The highest BCUT2D eigenvalue weighted by Crippen LogP contribution is 2.15. The highest BCUT2D eigenvalue weighted by Gasteiger charge is 2.10. The molecule has 0 aliphatic carbocycles. The molecule has 0 saturated carbocycles. The zero-order valence-corrected chi connectivity index (χ0v) is 16.0. The number of halogens is 1. The first kappa shape index (κ1) is 17.4. The SMILES string of the molecule is O=C(Nc1ccc(I)cc1)c1ccc(CN2CCCCCC2)cc1. The Balaban J connectivity index is 1.58. The smallest absolute Gasteiger partial charge is 0.255 e. The van der Waals surface area contributed by atoms with Gasteiger partial charge in [0.2, 0.25) is 0 Å². The van der Waals surface area contributed by atoms with E-state index in [9.17, 15) is 4.79 Å². The predicted molar refractivity (Wildman–Crippen MR) is 107 cm³/mol. The molecule has 126 valence electrons. The molecule has 1 fully saturated rings. The average molecular weight is 434 g/mol. The van der Waals surface area contributed by atoms with Gasteiger partial charge in [-0.05, 0) is 90.5 Å². The molecule has 1 heterocycles. The van der Waals surface area contributed by atoms with Crippen molar-refractivity contribution in [2.24, 2.45) is 0 Å². The molecule has 0 spiro atoms. The maximum Gasteiger partial charge on any atom is 0.255 e. The lowest BCUT2D eigenvalue weighted by Crippen LogP contribution is -2.24. The number of amides is 1. The van der Waals surface area contributed by atoms with Gasteiger partial charge in [-0.3, -0.25) is 9.69 Å². The van der Waals surface area contributed by atoms with Gasteiger partial charge in [0.1, 0.15) is 0 Å². The van der Waals surface area contributed by atoms with Crippen LogP contribution in [0, 0.1) is 3.57 Å². The normalized spacial score (nSPS) is 15.7. The van der Waals surface area contributed by atoms with E-state index in [4.69, 9.17) is 0 Å². The quantitative estimate of drug-likeness (QED) is 0.693. The van der Waals surface area contributed by atoms with Crippen LogP contribution in [0.3, 0.4) is 0 Å². The number of nitrogens with zero attached hydrogens (tertiary/aromatic N) is 1. The van der Waals surface area contributed by atoms with Crippen LogP contribution >= 0.6 is 22.6 Å². The van der Waals surface area contributed by atoms with E-state index in [1.165, 1.54) is 44.3 Å². The van der Waals surface area contributed by atoms with Gasteiger partial charge in [-0.1, -0.05) is 25.0 Å². The van der Waals surface area contributed by atoms with Crippen molar-refractivity contribution >= 4 is 34.2 Å². The first-order valence-corrected chi connectivity index (χ1v) is 9.67. The highest BCUT2D eigenvalue weighted by molar-refractivity contribution is 14.1. The molecule has 0 radical (unpaired) electrons. The monoisotopic (exact) mass is 434 g/mol. The number of carbonyl (C=O) groups excluding carboxylic acids is 1. The minimum Gasteiger partial charge on any atom is -0.322 e. The summed E-state index contributed by atoms with van der Waals surface area (Å²) in [5.41, 5.74) is 2.81. The lowest BCUT2D eigenvalue weighted by atomic mass is 10.1. The molecule has 1 aliphatic rings. The minimum atomic E-state index is -0.0578. The third-order valence-corrected chi connectivity index (χ3v) is 5.14. The second-order valence-corrected chi connectivity index (χ2v) is 7.59. The molecule has 2 aromatic carbocycles. The topological polar surface area (TPSA) is 32.3 Å². The van der Waals surface area contributed by atoms with Gasteiger partial charge in [-0.25, -0.2) is 0 Å². The third-order valence-electron chi connectivity index (χ3n) is 4.42. The lowest BCUT2D eigenvalue weighted by Gasteiger charge is -2.19. The van der Waals surface area contributed by atoms with E-state index in [0.717, 1.165) is 15.8 Å². The minimum absolute atomic E-state index is 0.0578. The van der Waals surface area contributed by atoms with Crippen LogP contribution < -0.4 is 5.32 Å². The van der Waals surface area contributed by atoms with Crippen molar-refractivity contribution in [1.82, 2.24) is 4.90 Å². The Bertz CT molecular complexity index is 659. The second kappa shape index (κ2) is 8.62. The molecule has 1 amide bonds. The fraction of sp³-hybridized carbons (Fsp3) is 0.350. The summed E-state index contributed by atoms with van der Waals surface area (Å²) in [5.74, 6) is -0.0578. The van der Waals surface area contributed by atoms with Crippen LogP contribution in [0.15, 0.2) is 48.5 Å². The summed E-state index contributed by atoms with van der Waals surface area (Å²) in [6.07, 6.45) is 5.31. The van der Waals surface area contributed by atoms with E-state index in [1.807, 2.05) is 36.4 Å². The summed E-state index contributed by atoms with van der Waals surface area (Å²) >= 11 is 2.25. The Morgan fingerprint density at radius 1 is 0.917 bits per heavy atom. The number of carbonyl (C=O) groups is 1. The number of rotatable bonds is 4. The van der Waals surface area contributed by atoms with Gasteiger partial charge >= 0.3 is 0 Å². The summed E-state index contributed by atoms with van der Waals surface area (Å²) in [6.45, 7) is 3.36. The predicted octanol–water partition coefficient (Wildman–Crippen LogP) is 4.92. The molecule has 0 unspecified atom stereocenters. The number of likely N-dealkylation sites (tertiary alicyclic amines) is 1. The molecule has 1 aliphatic heterocycles. The molecule has 1 N–H and O–H groups in total. The van der Waals surface area contributed by atoms with Gasteiger partial charge in [0.25, 0.3) is 5.91 Å².